The summed E-state index contributed by atoms with van der Waals surface area (Å²) in [5.74, 6) is -2.64. The number of rotatable bonds is 14. The third-order valence-corrected chi connectivity index (χ3v) is 8.51. The van der Waals surface area contributed by atoms with Crippen molar-refractivity contribution in [2.24, 2.45) is 5.92 Å². The topological polar surface area (TPSA) is 369 Å². The number of carbonyl (C=O) groups excluding carboxylic acids is 1. The van der Waals surface area contributed by atoms with Gasteiger partial charge in [0.25, 0.3) is 0 Å². The Morgan fingerprint density at radius 1 is 0.630 bits per heavy atom. The van der Waals surface area contributed by atoms with Crippen LogP contribution in [0, 0.1) is 5.92 Å². The van der Waals surface area contributed by atoms with E-state index in [1.165, 1.54) is 0 Å². The summed E-state index contributed by atoms with van der Waals surface area (Å²) in [5, 5.41) is 155. The second kappa shape index (κ2) is 17.0. The first-order valence-corrected chi connectivity index (χ1v) is 14.4. The van der Waals surface area contributed by atoms with E-state index < -0.39 is 155 Å². The molecule has 0 spiro atoms. The van der Waals surface area contributed by atoms with Gasteiger partial charge >= 0.3 is 0 Å². The van der Waals surface area contributed by atoms with Gasteiger partial charge in [0.2, 0.25) is 0 Å². The molecular weight excluding hydrogens is 634 g/mol. The van der Waals surface area contributed by atoms with Crippen molar-refractivity contribution in [3.63, 3.8) is 0 Å². The Labute approximate surface area is 261 Å². The fraction of sp³-hybridized carbons (Fsp3) is 0.960. The van der Waals surface area contributed by atoms with E-state index in [9.17, 15) is 76.3 Å². The molecule has 270 valence electrons. The summed E-state index contributed by atoms with van der Waals surface area (Å²) in [4.78, 5) is 12.4. The Bertz CT molecular complexity index is 947. The smallest absolute Gasteiger partial charge is 0.195 e. The van der Waals surface area contributed by atoms with Crippen LogP contribution in [0.25, 0.3) is 0 Å². The van der Waals surface area contributed by atoms with Crippen LogP contribution in [0.4, 0.5) is 0 Å². The van der Waals surface area contributed by atoms with E-state index in [1.54, 1.807) is 0 Å². The molecule has 0 aromatic carbocycles. The van der Waals surface area contributed by atoms with Crippen molar-refractivity contribution in [3.05, 3.63) is 0 Å². The zero-order valence-corrected chi connectivity index (χ0v) is 24.3. The SMILES string of the molecule is O=C(C(O)CO)C(OC1OC(CO)C(OC2OC(CO)C(NC3C(O)C(O)C(O)C(CO)C3O)C(O)C2O)C(O)C1O)C(O)CO. The van der Waals surface area contributed by atoms with Crippen LogP contribution in [0.3, 0.4) is 0 Å². The monoisotopic (exact) mass is 679 g/mol. The quantitative estimate of drug-likeness (QED) is 0.0810. The highest BCUT2D eigenvalue weighted by Gasteiger charge is 2.54. The fourth-order valence-electron chi connectivity index (χ4n) is 5.73. The van der Waals surface area contributed by atoms with Crippen molar-refractivity contribution in [2.45, 2.75) is 110 Å². The standard InChI is InChI=1S/C25H45NO20/c27-1-6-13(34)12(17(38)18(39)14(6)35)26-11-9(4-30)43-24(20(41)16(11)37)46-23-10(5-31)44-25(21(42)19(23)40)45-22(8(33)3-29)15(36)7(32)2-28/h6-14,16-35,37-42H,1-5H2. The lowest BCUT2D eigenvalue weighted by Crippen LogP contribution is -2.72. The summed E-state index contributed by atoms with van der Waals surface area (Å²) in [5.41, 5.74) is 0. The molecule has 16 N–H and O–H groups in total. The van der Waals surface area contributed by atoms with E-state index in [4.69, 9.17) is 24.1 Å². The van der Waals surface area contributed by atoms with Crippen LogP contribution in [-0.4, -0.2) is 226 Å². The maximum atomic E-state index is 12.4. The molecule has 0 bridgehead atoms. The number of ketones is 1. The molecule has 2 aliphatic heterocycles. The van der Waals surface area contributed by atoms with Crippen molar-refractivity contribution in [1.29, 1.82) is 0 Å². The summed E-state index contributed by atoms with van der Waals surface area (Å²) in [7, 11) is 0. The number of carbonyl (C=O) groups is 1. The summed E-state index contributed by atoms with van der Waals surface area (Å²) in [6, 6.07) is -3.00. The van der Waals surface area contributed by atoms with E-state index in [2.05, 4.69) is 5.32 Å². The summed E-state index contributed by atoms with van der Waals surface area (Å²) >= 11 is 0. The van der Waals surface area contributed by atoms with Crippen LogP contribution >= 0.6 is 0 Å². The zero-order valence-electron chi connectivity index (χ0n) is 24.3. The van der Waals surface area contributed by atoms with Crippen molar-refractivity contribution >= 4 is 5.78 Å². The molecule has 0 aromatic rings. The largest absolute Gasteiger partial charge is 0.396 e. The summed E-state index contributed by atoms with van der Waals surface area (Å²) in [6.45, 7) is -4.80. The minimum Gasteiger partial charge on any atom is -0.396 e. The Morgan fingerprint density at radius 2 is 1.20 bits per heavy atom. The molecule has 21 heteroatoms. The van der Waals surface area contributed by atoms with E-state index in [-0.39, 0.29) is 0 Å². The normalized spacial score (nSPS) is 45.6. The van der Waals surface area contributed by atoms with Gasteiger partial charge in [-0.3, -0.25) is 4.79 Å². The fourth-order valence-corrected chi connectivity index (χ4v) is 5.73. The highest BCUT2D eigenvalue weighted by atomic mass is 16.7. The van der Waals surface area contributed by atoms with Crippen molar-refractivity contribution in [3.8, 4) is 0 Å². The van der Waals surface area contributed by atoms with Crippen LogP contribution < -0.4 is 5.32 Å². The maximum Gasteiger partial charge on any atom is 0.195 e. The third-order valence-electron chi connectivity index (χ3n) is 8.51. The van der Waals surface area contributed by atoms with E-state index in [0.29, 0.717) is 0 Å². The van der Waals surface area contributed by atoms with Gasteiger partial charge in [0.1, 0.15) is 73.2 Å². The highest BCUT2D eigenvalue weighted by molar-refractivity contribution is 5.87. The number of nitrogens with one attached hydrogen (secondary N) is 1. The predicted octanol–water partition coefficient (Wildman–Crippen LogP) is -10.7. The van der Waals surface area contributed by atoms with Crippen LogP contribution in [0.5, 0.6) is 0 Å². The first kappa shape index (κ1) is 39.3. The minimum atomic E-state index is -2.12. The number of ether oxygens (including phenoxy) is 4. The first-order valence-electron chi connectivity index (χ1n) is 14.4. The van der Waals surface area contributed by atoms with Crippen molar-refractivity contribution in [2.75, 3.05) is 33.0 Å². The van der Waals surface area contributed by atoms with Crippen LogP contribution in [0.1, 0.15) is 0 Å². The zero-order chi connectivity index (χ0) is 34.6. The van der Waals surface area contributed by atoms with Gasteiger partial charge in [0, 0.05) is 5.92 Å². The molecule has 3 rings (SSSR count). The molecule has 46 heavy (non-hydrogen) atoms. The van der Waals surface area contributed by atoms with Gasteiger partial charge in [-0.15, -0.1) is 0 Å². The molecule has 0 amide bonds. The Kier molecular flexibility index (Phi) is 14.5. The maximum absolute atomic E-state index is 12.4. The van der Waals surface area contributed by atoms with Gasteiger partial charge in [0.15, 0.2) is 18.4 Å². The van der Waals surface area contributed by atoms with Crippen LogP contribution in [-0.2, 0) is 23.7 Å². The molecule has 21 nitrogen and oxygen atoms in total. The van der Waals surface area contributed by atoms with E-state index in [1.807, 2.05) is 0 Å². The molecule has 1 aliphatic carbocycles. The van der Waals surface area contributed by atoms with E-state index >= 15 is 0 Å². The van der Waals surface area contributed by atoms with Crippen LogP contribution in [0.2, 0.25) is 0 Å². The first-order chi connectivity index (χ1) is 21.7. The second-order valence-corrected chi connectivity index (χ2v) is 11.4. The molecule has 2 heterocycles. The number of hydrogen-bond donors (Lipinski definition) is 16. The van der Waals surface area contributed by atoms with E-state index in [0.717, 1.165) is 0 Å². The Balaban J connectivity index is 1.75. The number of aliphatic hydroxyl groups is 15. The number of hydrogen-bond acceptors (Lipinski definition) is 21. The Hall–Kier alpha value is -1.13. The van der Waals surface area contributed by atoms with Gasteiger partial charge in [-0.05, 0) is 0 Å². The Morgan fingerprint density at radius 3 is 1.74 bits per heavy atom. The number of aliphatic hydroxyl groups excluding tert-OH is 15. The summed E-state index contributed by atoms with van der Waals surface area (Å²) in [6.07, 6.45) is -30.1. The van der Waals surface area contributed by atoms with Crippen molar-refractivity contribution < 1.29 is 100 Å². The van der Waals surface area contributed by atoms with Gasteiger partial charge in [-0.1, -0.05) is 0 Å². The van der Waals surface area contributed by atoms with Gasteiger partial charge in [-0.25, -0.2) is 0 Å². The van der Waals surface area contributed by atoms with Gasteiger partial charge in [0.05, 0.1) is 57.3 Å². The molecule has 3 fully saturated rings. The van der Waals surface area contributed by atoms with Crippen molar-refractivity contribution in [1.82, 2.24) is 5.32 Å². The average Bonchev–Trinajstić information content (AvgIpc) is 3.05. The second-order valence-electron chi connectivity index (χ2n) is 11.4. The van der Waals surface area contributed by atoms with Gasteiger partial charge in [-0.2, -0.15) is 0 Å². The molecule has 19 atom stereocenters. The molecule has 2 saturated heterocycles. The lowest BCUT2D eigenvalue weighted by atomic mass is 9.76. The number of Topliss-reactive ketones (excluding diaryl/α,β-unsaturated/α-hetero) is 1. The lowest BCUT2D eigenvalue weighted by Gasteiger charge is -2.50. The molecular formula is C25H45NO20. The van der Waals surface area contributed by atoms with Gasteiger partial charge < -0.3 is 101 Å². The molecule has 0 aromatic heterocycles. The average molecular weight is 680 g/mol. The molecule has 19 unspecified atom stereocenters. The lowest BCUT2D eigenvalue weighted by molar-refractivity contribution is -0.358. The molecule has 0 radical (unpaired) electrons. The minimum absolute atomic E-state index is 0.796. The molecule has 3 aliphatic rings. The molecule has 1 saturated carbocycles. The predicted molar refractivity (Wildman–Crippen MR) is 142 cm³/mol. The third kappa shape index (κ3) is 8.01. The highest BCUT2D eigenvalue weighted by Crippen LogP contribution is 2.32. The van der Waals surface area contributed by atoms with Crippen LogP contribution in [0.15, 0.2) is 0 Å². The summed E-state index contributed by atoms with van der Waals surface area (Å²) < 4.78 is 21.7.